The molecule has 1 amide bonds. The number of likely N-dealkylation sites (tertiary alicyclic amines) is 1. The van der Waals surface area contributed by atoms with Crippen molar-refractivity contribution in [2.45, 2.75) is 12.8 Å². The van der Waals surface area contributed by atoms with E-state index in [4.69, 9.17) is 22.1 Å². The average molecular weight is 302 g/mol. The normalized spacial score (nSPS) is 13.2. The first-order chi connectivity index (χ1) is 10.2. The van der Waals surface area contributed by atoms with Gasteiger partial charge in [0.2, 0.25) is 5.71 Å². The monoisotopic (exact) mass is 301 g/mol. The van der Waals surface area contributed by atoms with Crippen LogP contribution in [0, 0.1) is 22.7 Å². The molecule has 1 N–H and O–H groups in total. The van der Waals surface area contributed by atoms with Crippen LogP contribution >= 0.6 is 11.6 Å². The molecule has 21 heavy (non-hydrogen) atoms. The third-order valence-corrected chi connectivity index (χ3v) is 3.44. The number of rotatable bonds is 3. The van der Waals surface area contributed by atoms with Gasteiger partial charge in [-0.1, -0.05) is 11.6 Å². The predicted molar refractivity (Wildman–Crippen MR) is 78.9 cm³/mol. The summed E-state index contributed by atoms with van der Waals surface area (Å²) in [6, 6.07) is 8.06. The number of amides is 1. The van der Waals surface area contributed by atoms with Gasteiger partial charge in [0.1, 0.15) is 12.1 Å². The van der Waals surface area contributed by atoms with E-state index < -0.39 is 0 Å². The number of carbonyl (C=O) groups excluding carboxylic acids is 1. The lowest BCUT2D eigenvalue weighted by molar-refractivity contribution is 0.0793. The van der Waals surface area contributed by atoms with Gasteiger partial charge in [-0.3, -0.25) is 10.2 Å². The van der Waals surface area contributed by atoms with E-state index in [2.05, 4.69) is 10.5 Å². The van der Waals surface area contributed by atoms with E-state index in [1.165, 1.54) is 0 Å². The largest absolute Gasteiger partial charge is 0.339 e. The van der Waals surface area contributed by atoms with Gasteiger partial charge in [-0.15, -0.1) is 0 Å². The van der Waals surface area contributed by atoms with Crippen molar-refractivity contribution in [2.24, 2.45) is 5.10 Å². The Morgan fingerprint density at radius 2 is 1.95 bits per heavy atom. The van der Waals surface area contributed by atoms with Crippen LogP contribution in [0.5, 0.6) is 0 Å². The van der Waals surface area contributed by atoms with Crippen LogP contribution in [0.3, 0.4) is 0 Å². The lowest BCUT2D eigenvalue weighted by Crippen LogP contribution is -2.27. The van der Waals surface area contributed by atoms with Crippen LogP contribution in [0.25, 0.3) is 0 Å². The van der Waals surface area contributed by atoms with Crippen LogP contribution in [0.15, 0.2) is 23.3 Å². The van der Waals surface area contributed by atoms with Gasteiger partial charge in [-0.25, -0.2) is 0 Å². The number of carbonyl (C=O) groups is 1. The minimum Gasteiger partial charge on any atom is -0.339 e. The Morgan fingerprint density at radius 1 is 1.29 bits per heavy atom. The highest BCUT2D eigenvalue weighted by molar-refractivity contribution is 6.33. The minimum atomic E-state index is -0.317. The molecule has 1 aromatic carbocycles. The van der Waals surface area contributed by atoms with Crippen molar-refractivity contribution < 1.29 is 4.79 Å². The van der Waals surface area contributed by atoms with Crippen LogP contribution in [-0.2, 0) is 0 Å². The first-order valence-electron chi connectivity index (χ1n) is 6.38. The first kappa shape index (κ1) is 14.8. The lowest BCUT2D eigenvalue weighted by atomic mass is 10.2. The van der Waals surface area contributed by atoms with Crippen molar-refractivity contribution in [3.8, 4) is 12.1 Å². The van der Waals surface area contributed by atoms with Crippen molar-refractivity contribution >= 4 is 28.9 Å². The van der Waals surface area contributed by atoms with Gasteiger partial charge in [0.15, 0.2) is 0 Å². The zero-order valence-corrected chi connectivity index (χ0v) is 11.9. The summed E-state index contributed by atoms with van der Waals surface area (Å²) in [5, 5.41) is 21.2. The number of hydrogen-bond acceptors (Lipinski definition) is 5. The van der Waals surface area contributed by atoms with Gasteiger partial charge >= 0.3 is 0 Å². The maximum atomic E-state index is 12.3. The van der Waals surface area contributed by atoms with Crippen molar-refractivity contribution in [1.82, 2.24) is 4.90 Å². The quantitative estimate of drug-likeness (QED) is 0.685. The zero-order chi connectivity index (χ0) is 15.2. The van der Waals surface area contributed by atoms with Gasteiger partial charge in [-0.05, 0) is 31.0 Å². The second-order valence-corrected chi connectivity index (χ2v) is 4.90. The number of hydrazone groups is 1. The number of nitrogens with zero attached hydrogens (tertiary/aromatic N) is 4. The number of hydrogen-bond donors (Lipinski definition) is 1. The molecule has 1 saturated heterocycles. The fourth-order valence-electron chi connectivity index (χ4n) is 2.04. The van der Waals surface area contributed by atoms with Gasteiger partial charge in [0.05, 0.1) is 10.7 Å². The molecule has 1 aliphatic heterocycles. The van der Waals surface area contributed by atoms with E-state index in [1.54, 1.807) is 35.2 Å². The van der Waals surface area contributed by atoms with E-state index in [1.807, 2.05) is 0 Å². The Kier molecular flexibility index (Phi) is 4.76. The molecule has 1 aromatic rings. The summed E-state index contributed by atoms with van der Waals surface area (Å²) in [7, 11) is 0. The Hall–Kier alpha value is -2.57. The summed E-state index contributed by atoms with van der Waals surface area (Å²) < 4.78 is 0. The lowest BCUT2D eigenvalue weighted by Gasteiger charge is -2.16. The highest BCUT2D eigenvalue weighted by atomic mass is 35.5. The van der Waals surface area contributed by atoms with Gasteiger partial charge < -0.3 is 4.90 Å². The number of nitriles is 2. The Morgan fingerprint density at radius 3 is 2.57 bits per heavy atom. The number of halogens is 1. The summed E-state index contributed by atoms with van der Waals surface area (Å²) in [5.74, 6) is -0.0583. The summed E-state index contributed by atoms with van der Waals surface area (Å²) in [4.78, 5) is 14.1. The fourth-order valence-corrected chi connectivity index (χ4v) is 2.20. The molecule has 7 heteroatoms. The Labute approximate surface area is 127 Å². The van der Waals surface area contributed by atoms with E-state index in [0.29, 0.717) is 16.3 Å². The molecule has 1 heterocycles. The van der Waals surface area contributed by atoms with Crippen LogP contribution in [0.1, 0.15) is 23.2 Å². The highest BCUT2D eigenvalue weighted by Crippen LogP contribution is 2.24. The van der Waals surface area contributed by atoms with Gasteiger partial charge in [0.25, 0.3) is 5.91 Å². The van der Waals surface area contributed by atoms with Crippen LogP contribution in [0.2, 0.25) is 5.02 Å². The predicted octanol–water partition coefficient (Wildman–Crippen LogP) is 2.39. The Bertz CT molecular complexity index is 649. The molecule has 0 bridgehead atoms. The van der Waals surface area contributed by atoms with Crippen molar-refractivity contribution in [3.63, 3.8) is 0 Å². The van der Waals surface area contributed by atoms with Crippen molar-refractivity contribution in [2.75, 3.05) is 18.5 Å². The van der Waals surface area contributed by atoms with E-state index in [9.17, 15) is 4.79 Å². The van der Waals surface area contributed by atoms with E-state index in [-0.39, 0.29) is 11.6 Å². The maximum Gasteiger partial charge on any atom is 0.253 e. The van der Waals surface area contributed by atoms with Crippen LogP contribution in [0.4, 0.5) is 5.69 Å². The van der Waals surface area contributed by atoms with E-state index >= 15 is 0 Å². The average Bonchev–Trinajstić information content (AvgIpc) is 3.03. The molecule has 106 valence electrons. The summed E-state index contributed by atoms with van der Waals surface area (Å²) >= 11 is 6.01. The van der Waals surface area contributed by atoms with E-state index in [0.717, 1.165) is 25.9 Å². The number of nitrogens with one attached hydrogen (secondary N) is 1. The second kappa shape index (κ2) is 6.74. The molecule has 0 saturated carbocycles. The third-order valence-electron chi connectivity index (χ3n) is 3.11. The molecule has 1 fully saturated rings. The topological polar surface area (TPSA) is 92.3 Å². The standard InChI is InChI=1S/C14H12ClN5O/c15-12-4-3-10(14(21)20-5-1-2-6-20)7-13(12)19-18-11(8-16)9-17/h3-4,7,19H,1-2,5-6H2. The van der Waals surface area contributed by atoms with Crippen molar-refractivity contribution in [3.05, 3.63) is 28.8 Å². The smallest absolute Gasteiger partial charge is 0.253 e. The number of benzene rings is 1. The molecular weight excluding hydrogens is 290 g/mol. The second-order valence-electron chi connectivity index (χ2n) is 4.49. The molecule has 1 aliphatic rings. The number of anilines is 1. The van der Waals surface area contributed by atoms with Crippen LogP contribution < -0.4 is 5.43 Å². The third kappa shape index (κ3) is 3.50. The SMILES string of the molecule is N#CC(C#N)=NNc1cc(C(=O)N2CCCC2)ccc1Cl. The fraction of sp³-hybridized carbons (Fsp3) is 0.286. The molecule has 2 rings (SSSR count). The molecule has 0 radical (unpaired) electrons. The summed E-state index contributed by atoms with van der Waals surface area (Å²) in [5.41, 5.74) is 3.10. The zero-order valence-electron chi connectivity index (χ0n) is 11.1. The molecule has 0 aromatic heterocycles. The molecule has 6 nitrogen and oxygen atoms in total. The molecule has 0 spiro atoms. The highest BCUT2D eigenvalue weighted by Gasteiger charge is 2.20. The van der Waals surface area contributed by atoms with Crippen molar-refractivity contribution in [1.29, 1.82) is 10.5 Å². The van der Waals surface area contributed by atoms with Gasteiger partial charge in [0, 0.05) is 18.7 Å². The molecule has 0 aliphatic carbocycles. The summed E-state index contributed by atoms with van der Waals surface area (Å²) in [6.07, 6.45) is 2.03. The maximum absolute atomic E-state index is 12.3. The van der Waals surface area contributed by atoms with Crippen LogP contribution in [-0.4, -0.2) is 29.6 Å². The first-order valence-corrected chi connectivity index (χ1v) is 6.76. The molecule has 0 unspecified atom stereocenters. The Balaban J connectivity index is 2.21. The summed E-state index contributed by atoms with van der Waals surface area (Å²) in [6.45, 7) is 1.52. The molecule has 0 atom stereocenters. The minimum absolute atomic E-state index is 0.0583. The molecular formula is C14H12ClN5O. The van der Waals surface area contributed by atoms with Gasteiger partial charge in [-0.2, -0.15) is 15.6 Å².